The van der Waals surface area contributed by atoms with Gasteiger partial charge in [-0.25, -0.2) is 8.78 Å². The van der Waals surface area contributed by atoms with Crippen LogP contribution in [0.5, 0.6) is 0 Å². The molecule has 2 aromatic rings. The van der Waals surface area contributed by atoms with Crippen molar-refractivity contribution in [3.05, 3.63) is 59.2 Å². The van der Waals surface area contributed by atoms with Gasteiger partial charge in [0.15, 0.2) is 0 Å². The third-order valence-corrected chi connectivity index (χ3v) is 5.99. The van der Waals surface area contributed by atoms with E-state index < -0.39 is 23.6 Å². The van der Waals surface area contributed by atoms with Crippen LogP contribution in [0.15, 0.2) is 36.4 Å². The van der Waals surface area contributed by atoms with Gasteiger partial charge in [0, 0.05) is 36.4 Å². The average molecular weight is 429 g/mol. The summed E-state index contributed by atoms with van der Waals surface area (Å²) < 4.78 is 27.6. The Hall–Kier alpha value is -3.00. The number of aliphatic hydroxyl groups is 1. The molecule has 0 spiro atoms. The van der Waals surface area contributed by atoms with Crippen molar-refractivity contribution in [3.8, 4) is 0 Å². The number of hydrogen-bond acceptors (Lipinski definition) is 4. The Morgan fingerprint density at radius 3 is 2.58 bits per heavy atom. The highest BCUT2D eigenvalue weighted by Gasteiger charge is 2.32. The summed E-state index contributed by atoms with van der Waals surface area (Å²) >= 11 is 0. The van der Waals surface area contributed by atoms with Crippen LogP contribution < -0.4 is 15.5 Å². The number of hydrogen-bond donors (Lipinski definition) is 3. The Balaban J connectivity index is 1.56. The molecule has 8 heteroatoms. The smallest absolute Gasteiger partial charge is 0.228 e. The minimum absolute atomic E-state index is 0.0444. The van der Waals surface area contributed by atoms with Crippen molar-refractivity contribution in [2.45, 2.75) is 44.2 Å². The van der Waals surface area contributed by atoms with E-state index in [1.165, 1.54) is 30.3 Å². The second kappa shape index (κ2) is 8.63. The van der Waals surface area contributed by atoms with Gasteiger partial charge in [-0.15, -0.1) is 0 Å². The van der Waals surface area contributed by atoms with Crippen LogP contribution in [0, 0.1) is 11.6 Å². The highest BCUT2D eigenvalue weighted by atomic mass is 19.1. The molecule has 0 aromatic heterocycles. The van der Waals surface area contributed by atoms with Gasteiger partial charge in [0.25, 0.3) is 0 Å². The number of halogens is 2. The van der Waals surface area contributed by atoms with Crippen molar-refractivity contribution >= 4 is 23.2 Å². The third-order valence-electron chi connectivity index (χ3n) is 5.99. The molecule has 1 fully saturated rings. The highest BCUT2D eigenvalue weighted by Crippen LogP contribution is 2.34. The van der Waals surface area contributed by atoms with E-state index >= 15 is 0 Å². The van der Waals surface area contributed by atoms with Gasteiger partial charge in [-0.05, 0) is 55.7 Å². The lowest BCUT2D eigenvalue weighted by molar-refractivity contribution is -0.126. The lowest BCUT2D eigenvalue weighted by atomic mass is 9.89. The predicted molar refractivity (Wildman–Crippen MR) is 113 cm³/mol. The number of nitrogens with one attached hydrogen (secondary N) is 2. The summed E-state index contributed by atoms with van der Waals surface area (Å²) in [6.45, 7) is 3.05. The number of aliphatic hydroxyl groups excluding tert-OH is 1. The second-order valence-corrected chi connectivity index (χ2v) is 8.19. The van der Waals surface area contributed by atoms with Crippen molar-refractivity contribution in [2.75, 3.05) is 23.3 Å². The number of carbonyl (C=O) groups excluding carboxylic acids is 2. The van der Waals surface area contributed by atoms with Gasteiger partial charge >= 0.3 is 0 Å². The molecule has 2 heterocycles. The zero-order chi connectivity index (χ0) is 22.1. The molecule has 0 bridgehead atoms. The third kappa shape index (κ3) is 4.54. The van der Waals surface area contributed by atoms with E-state index in [-0.39, 0.29) is 24.3 Å². The second-order valence-electron chi connectivity index (χ2n) is 8.19. The molecule has 164 valence electrons. The molecule has 0 radical (unpaired) electrons. The SMILES string of the molecule is CC(NC(=O)C1CC(=O)Nc2cc(F)ccc21)c1cc(F)ccc1N1CCC(O)CC1. The predicted octanol–water partition coefficient (Wildman–Crippen LogP) is 3.23. The number of nitrogens with zero attached hydrogens (tertiary/aromatic N) is 1. The van der Waals surface area contributed by atoms with Crippen molar-refractivity contribution in [1.82, 2.24) is 5.32 Å². The molecule has 4 rings (SSSR count). The number of carbonyl (C=O) groups is 2. The van der Waals surface area contributed by atoms with Gasteiger partial charge in [-0.1, -0.05) is 6.07 Å². The van der Waals surface area contributed by atoms with Crippen molar-refractivity contribution in [1.29, 1.82) is 0 Å². The number of benzene rings is 2. The fraction of sp³-hybridized carbons (Fsp3) is 0.391. The fourth-order valence-electron chi connectivity index (χ4n) is 4.33. The number of fused-ring (bicyclic) bond motifs is 1. The molecular weight excluding hydrogens is 404 g/mol. The number of rotatable bonds is 4. The van der Waals surface area contributed by atoms with Gasteiger partial charge in [-0.2, -0.15) is 0 Å². The van der Waals surface area contributed by atoms with E-state index in [4.69, 9.17) is 0 Å². The van der Waals surface area contributed by atoms with Crippen molar-refractivity contribution in [2.24, 2.45) is 0 Å². The Labute approximate surface area is 179 Å². The summed E-state index contributed by atoms with van der Waals surface area (Å²) in [5, 5.41) is 15.3. The van der Waals surface area contributed by atoms with Crippen LogP contribution in [0.25, 0.3) is 0 Å². The first kappa shape index (κ1) is 21.2. The van der Waals surface area contributed by atoms with E-state index in [1.54, 1.807) is 13.0 Å². The zero-order valence-electron chi connectivity index (χ0n) is 17.2. The Kier molecular flexibility index (Phi) is 5.91. The van der Waals surface area contributed by atoms with Gasteiger partial charge in [0.1, 0.15) is 11.6 Å². The van der Waals surface area contributed by atoms with Crippen LogP contribution in [-0.4, -0.2) is 36.1 Å². The Morgan fingerprint density at radius 2 is 1.84 bits per heavy atom. The zero-order valence-corrected chi connectivity index (χ0v) is 17.2. The first-order valence-corrected chi connectivity index (χ1v) is 10.4. The molecule has 2 aromatic carbocycles. The van der Waals surface area contributed by atoms with Gasteiger partial charge in [0.05, 0.1) is 18.1 Å². The molecule has 6 nitrogen and oxygen atoms in total. The van der Waals surface area contributed by atoms with Crippen molar-refractivity contribution < 1.29 is 23.5 Å². The fourth-order valence-corrected chi connectivity index (χ4v) is 4.33. The molecule has 0 saturated carbocycles. The summed E-state index contributed by atoms with van der Waals surface area (Å²) in [7, 11) is 0. The van der Waals surface area contributed by atoms with E-state index in [0.29, 0.717) is 42.7 Å². The molecule has 0 aliphatic carbocycles. The maximum absolute atomic E-state index is 14.1. The van der Waals surface area contributed by atoms with Gasteiger partial charge in [0.2, 0.25) is 11.8 Å². The molecule has 3 N–H and O–H groups in total. The Morgan fingerprint density at radius 1 is 1.16 bits per heavy atom. The van der Waals surface area contributed by atoms with E-state index in [1.807, 2.05) is 0 Å². The molecule has 2 atom stereocenters. The maximum atomic E-state index is 14.1. The van der Waals surface area contributed by atoms with Crippen LogP contribution in [-0.2, 0) is 9.59 Å². The van der Waals surface area contributed by atoms with Gasteiger partial charge in [-0.3, -0.25) is 9.59 Å². The topological polar surface area (TPSA) is 81.7 Å². The lowest BCUT2D eigenvalue weighted by Crippen LogP contribution is -2.38. The largest absolute Gasteiger partial charge is 0.393 e. The summed E-state index contributed by atoms with van der Waals surface area (Å²) in [5.74, 6) is -2.39. The summed E-state index contributed by atoms with van der Waals surface area (Å²) in [6, 6.07) is 7.93. The van der Waals surface area contributed by atoms with Crippen LogP contribution >= 0.6 is 0 Å². The molecule has 1 saturated heterocycles. The average Bonchev–Trinajstić information content (AvgIpc) is 2.73. The molecule has 2 aliphatic heterocycles. The molecule has 2 unspecified atom stereocenters. The molecule has 2 aliphatic rings. The monoisotopic (exact) mass is 429 g/mol. The van der Waals surface area contributed by atoms with Crippen LogP contribution in [0.3, 0.4) is 0 Å². The summed E-state index contributed by atoms with van der Waals surface area (Å²) in [6.07, 6.45) is 0.876. The van der Waals surface area contributed by atoms with E-state index in [0.717, 1.165) is 5.69 Å². The Bertz CT molecular complexity index is 1010. The van der Waals surface area contributed by atoms with Crippen LogP contribution in [0.4, 0.5) is 20.2 Å². The van der Waals surface area contributed by atoms with E-state index in [2.05, 4.69) is 15.5 Å². The summed E-state index contributed by atoms with van der Waals surface area (Å²) in [4.78, 5) is 27.2. The normalized spacial score (nSPS) is 20.1. The number of amides is 2. The minimum atomic E-state index is -0.756. The standard InChI is InChI=1S/C23H25F2N3O3/c1-13(18-10-14(24)3-5-21(18)28-8-6-16(29)7-9-28)26-23(31)19-12-22(30)27-20-11-15(25)2-4-17(19)20/h2-5,10-11,13,16,19,29H,6-9,12H2,1H3,(H,26,31)(H,27,30). The summed E-state index contributed by atoms with van der Waals surface area (Å²) in [5.41, 5.74) is 2.28. The molecule has 31 heavy (non-hydrogen) atoms. The highest BCUT2D eigenvalue weighted by molar-refractivity contribution is 6.01. The first-order chi connectivity index (χ1) is 14.8. The van der Waals surface area contributed by atoms with Crippen molar-refractivity contribution in [3.63, 3.8) is 0 Å². The first-order valence-electron chi connectivity index (χ1n) is 10.4. The van der Waals surface area contributed by atoms with Crippen LogP contribution in [0.2, 0.25) is 0 Å². The number of piperidine rings is 1. The molecule has 2 amide bonds. The minimum Gasteiger partial charge on any atom is -0.393 e. The van der Waals surface area contributed by atoms with Crippen LogP contribution in [0.1, 0.15) is 49.3 Å². The molecular formula is C23H25F2N3O3. The lowest BCUT2D eigenvalue weighted by Gasteiger charge is -2.34. The quantitative estimate of drug-likeness (QED) is 0.697. The van der Waals surface area contributed by atoms with E-state index in [9.17, 15) is 23.5 Å². The number of anilines is 2. The maximum Gasteiger partial charge on any atom is 0.228 e. The van der Waals surface area contributed by atoms with Gasteiger partial charge < -0.3 is 20.6 Å².